The van der Waals surface area contributed by atoms with Crippen molar-refractivity contribution in [2.45, 2.75) is 13.8 Å². The van der Waals surface area contributed by atoms with Crippen molar-refractivity contribution in [3.8, 4) is 0 Å². The first-order chi connectivity index (χ1) is 31.5. The zero-order valence-electron chi connectivity index (χ0n) is 35.3. The summed E-state index contributed by atoms with van der Waals surface area (Å²) in [5.74, 6) is 0. The Hall–Kier alpha value is -8.34. The van der Waals surface area contributed by atoms with Gasteiger partial charge in [-0.2, -0.15) is 0 Å². The Kier molecular flexibility index (Phi) is 8.00. The van der Waals surface area contributed by atoms with Gasteiger partial charge in [-0.05, 0) is 159 Å². The minimum atomic E-state index is 0.811. The Morgan fingerprint density at radius 1 is 0.266 bits per heavy atom. The molecule has 0 saturated heterocycles. The van der Waals surface area contributed by atoms with E-state index in [1.807, 2.05) is 0 Å². The minimum Gasteiger partial charge on any atom is -0.456 e. The molecule has 0 N–H and O–H groups in total. The molecule has 0 radical (unpaired) electrons. The second-order valence-corrected chi connectivity index (χ2v) is 17.1. The number of fused-ring (bicyclic) bond motifs is 10. The maximum atomic E-state index is 6.66. The van der Waals surface area contributed by atoms with E-state index >= 15 is 0 Å². The summed E-state index contributed by atoms with van der Waals surface area (Å²) in [7, 11) is 0. The lowest BCUT2D eigenvalue weighted by atomic mass is 10.0. The number of hydrogen-bond acceptors (Lipinski definition) is 4. The zero-order valence-corrected chi connectivity index (χ0v) is 35.3. The Balaban J connectivity index is 0.907. The molecule has 0 fully saturated rings. The molecular formula is C60H40N2O2. The molecule has 0 amide bonds. The fourth-order valence-electron chi connectivity index (χ4n) is 9.90. The van der Waals surface area contributed by atoms with Gasteiger partial charge in [0, 0.05) is 61.7 Å². The number of para-hydroxylation sites is 2. The fraction of sp³-hybridized carbons (Fsp3) is 0.0333. The van der Waals surface area contributed by atoms with Crippen molar-refractivity contribution >= 4 is 121 Å². The van der Waals surface area contributed by atoms with E-state index in [0.29, 0.717) is 0 Å². The van der Waals surface area contributed by atoms with E-state index in [2.05, 4.69) is 230 Å². The monoisotopic (exact) mass is 820 g/mol. The van der Waals surface area contributed by atoms with Crippen molar-refractivity contribution in [1.29, 1.82) is 0 Å². The predicted molar refractivity (Wildman–Crippen MR) is 270 cm³/mol. The predicted octanol–water partition coefficient (Wildman–Crippen LogP) is 17.7. The van der Waals surface area contributed by atoms with Crippen LogP contribution in [0.15, 0.2) is 215 Å². The molecule has 0 spiro atoms. The fourth-order valence-corrected chi connectivity index (χ4v) is 9.90. The number of nitrogens with zero attached hydrogens (tertiary/aromatic N) is 2. The summed E-state index contributed by atoms with van der Waals surface area (Å²) in [6.07, 6.45) is 0. The second kappa shape index (κ2) is 14.1. The third-order valence-electron chi connectivity index (χ3n) is 13.2. The second-order valence-electron chi connectivity index (χ2n) is 17.1. The van der Waals surface area contributed by atoms with Gasteiger partial charge in [-0.3, -0.25) is 0 Å². The molecule has 0 aliphatic heterocycles. The van der Waals surface area contributed by atoms with Crippen LogP contribution in [0, 0.1) is 13.8 Å². The van der Waals surface area contributed by atoms with Gasteiger partial charge >= 0.3 is 0 Å². The van der Waals surface area contributed by atoms with Crippen molar-refractivity contribution in [2.24, 2.45) is 0 Å². The van der Waals surface area contributed by atoms with E-state index in [1.54, 1.807) is 0 Å². The molecule has 4 nitrogen and oxygen atoms in total. The molecule has 13 rings (SSSR count). The molecule has 0 bridgehead atoms. The molecular weight excluding hydrogens is 781 g/mol. The van der Waals surface area contributed by atoms with Crippen LogP contribution >= 0.6 is 0 Å². The van der Waals surface area contributed by atoms with Crippen LogP contribution < -0.4 is 9.80 Å². The number of anilines is 6. The van der Waals surface area contributed by atoms with E-state index in [0.717, 1.165) is 99.5 Å². The number of hydrogen-bond donors (Lipinski definition) is 0. The average Bonchev–Trinajstić information content (AvgIpc) is 3.85. The lowest BCUT2D eigenvalue weighted by molar-refractivity contribution is 0.656. The minimum absolute atomic E-state index is 0.811. The smallest absolute Gasteiger partial charge is 0.139 e. The molecule has 0 saturated carbocycles. The number of benzene rings is 11. The molecule has 302 valence electrons. The van der Waals surface area contributed by atoms with Gasteiger partial charge in [0.25, 0.3) is 0 Å². The van der Waals surface area contributed by atoms with Gasteiger partial charge < -0.3 is 18.6 Å². The van der Waals surface area contributed by atoms with Crippen molar-refractivity contribution in [3.63, 3.8) is 0 Å². The maximum absolute atomic E-state index is 6.66. The van der Waals surface area contributed by atoms with Crippen molar-refractivity contribution in [3.05, 3.63) is 217 Å². The maximum Gasteiger partial charge on any atom is 0.139 e. The number of aryl methyl sites for hydroxylation is 2. The first kappa shape index (κ1) is 36.3. The number of furan rings is 2. The Labute approximate surface area is 369 Å². The quantitative estimate of drug-likeness (QED) is 0.167. The van der Waals surface area contributed by atoms with Crippen LogP contribution in [0.1, 0.15) is 11.1 Å². The summed E-state index contributed by atoms with van der Waals surface area (Å²) in [5, 5.41) is 13.8. The van der Waals surface area contributed by atoms with E-state index in [-0.39, 0.29) is 0 Å². The van der Waals surface area contributed by atoms with Gasteiger partial charge in [0.2, 0.25) is 0 Å². The van der Waals surface area contributed by atoms with E-state index in [4.69, 9.17) is 8.83 Å². The summed E-state index contributed by atoms with van der Waals surface area (Å²) in [4.78, 5) is 4.72. The Morgan fingerprint density at radius 3 is 1.03 bits per heavy atom. The third-order valence-corrected chi connectivity index (χ3v) is 13.2. The van der Waals surface area contributed by atoms with Crippen LogP contribution in [-0.2, 0) is 0 Å². The first-order valence-corrected chi connectivity index (χ1v) is 21.9. The first-order valence-electron chi connectivity index (χ1n) is 21.9. The van der Waals surface area contributed by atoms with Crippen molar-refractivity contribution in [1.82, 2.24) is 0 Å². The van der Waals surface area contributed by atoms with Gasteiger partial charge in [-0.15, -0.1) is 0 Å². The summed E-state index contributed by atoms with van der Waals surface area (Å²) in [5.41, 5.74) is 12.5. The van der Waals surface area contributed by atoms with Gasteiger partial charge in [-0.1, -0.05) is 109 Å². The average molecular weight is 821 g/mol. The van der Waals surface area contributed by atoms with Crippen LogP contribution in [0.5, 0.6) is 0 Å². The SMILES string of the molecule is Cc1ccccc1N(c1ccc2ccccc2c1)c1ccc2cc3c(cc2c1)oc1cc2oc4cc5cc(N(c6ccc7ccccc7c6)c6ccccc6C)ccc5cc4c2cc13. The molecule has 2 aromatic heterocycles. The topological polar surface area (TPSA) is 32.8 Å². The zero-order chi connectivity index (χ0) is 42.5. The standard InChI is InChI=1S/C60H40N2O2/c1-37-11-3-9-17-55(37)61(47-23-19-39-13-5-7-15-41(39)27-47)49-25-21-43-31-51-53-35-54-52-32-44-22-26-50(30-46(44)34-58(52)64-60(54)36-59(53)63-57(51)33-45(43)29-49)62(56-18-10-4-12-38(56)2)48-24-20-40-14-6-8-16-42(40)28-48/h3-36H,1-2H3. The van der Waals surface area contributed by atoms with E-state index < -0.39 is 0 Å². The van der Waals surface area contributed by atoms with Gasteiger partial charge in [-0.25, -0.2) is 0 Å². The largest absolute Gasteiger partial charge is 0.456 e. The molecule has 64 heavy (non-hydrogen) atoms. The molecule has 0 unspecified atom stereocenters. The molecule has 11 aromatic carbocycles. The van der Waals surface area contributed by atoms with Gasteiger partial charge in [0.05, 0.1) is 0 Å². The van der Waals surface area contributed by atoms with Crippen LogP contribution in [0.2, 0.25) is 0 Å². The van der Waals surface area contributed by atoms with Crippen molar-refractivity contribution < 1.29 is 8.83 Å². The van der Waals surface area contributed by atoms with E-state index in [9.17, 15) is 0 Å². The summed E-state index contributed by atoms with van der Waals surface area (Å²) >= 11 is 0. The van der Waals surface area contributed by atoms with Crippen LogP contribution in [0.4, 0.5) is 34.1 Å². The molecule has 2 heterocycles. The van der Waals surface area contributed by atoms with E-state index in [1.165, 1.54) is 32.7 Å². The third kappa shape index (κ3) is 5.84. The molecule has 0 atom stereocenters. The highest BCUT2D eigenvalue weighted by atomic mass is 16.3. The highest BCUT2D eigenvalue weighted by molar-refractivity contribution is 6.18. The summed E-state index contributed by atoms with van der Waals surface area (Å²) in [6.45, 7) is 4.35. The molecule has 13 aromatic rings. The summed E-state index contributed by atoms with van der Waals surface area (Å²) in [6, 6.07) is 74.4. The normalized spacial score (nSPS) is 11.9. The lowest BCUT2D eigenvalue weighted by Gasteiger charge is -2.27. The Bertz CT molecular complexity index is 3770. The van der Waals surface area contributed by atoms with Crippen LogP contribution in [0.3, 0.4) is 0 Å². The molecule has 4 heteroatoms. The lowest BCUT2D eigenvalue weighted by Crippen LogP contribution is -2.11. The summed E-state index contributed by atoms with van der Waals surface area (Å²) < 4.78 is 13.3. The van der Waals surface area contributed by atoms with Gasteiger partial charge in [0.1, 0.15) is 22.3 Å². The van der Waals surface area contributed by atoms with Crippen LogP contribution in [-0.4, -0.2) is 0 Å². The highest BCUT2D eigenvalue weighted by Gasteiger charge is 2.20. The highest BCUT2D eigenvalue weighted by Crippen LogP contribution is 2.44. The van der Waals surface area contributed by atoms with Gasteiger partial charge in [0.15, 0.2) is 0 Å². The number of rotatable bonds is 6. The van der Waals surface area contributed by atoms with Crippen LogP contribution in [0.25, 0.3) is 87.0 Å². The van der Waals surface area contributed by atoms with Crippen molar-refractivity contribution in [2.75, 3.05) is 9.80 Å². The molecule has 0 aliphatic rings. The Morgan fingerprint density at radius 2 is 0.594 bits per heavy atom. The molecule has 0 aliphatic carbocycles.